The second-order valence-corrected chi connectivity index (χ2v) is 4.94. The lowest BCUT2D eigenvalue weighted by Gasteiger charge is -2.07. The Hall–Kier alpha value is -0.680. The van der Waals surface area contributed by atoms with Gasteiger partial charge in [-0.25, -0.2) is 0 Å². The molecule has 1 aromatic rings. The number of anilines is 1. The Labute approximate surface area is 88.9 Å². The Morgan fingerprint density at radius 3 is 2.64 bits per heavy atom. The van der Waals surface area contributed by atoms with Crippen molar-refractivity contribution in [3.05, 3.63) is 5.01 Å². The zero-order chi connectivity index (χ0) is 10.6. The fraction of sp³-hybridized carbons (Fsp3) is 0.778. The SMILES string of the molecule is CC(C)Cc1nnc(NC(C)CN)s1. The Bertz CT molecular complexity index is 272. The standard InChI is InChI=1S/C9H18N4S/c1-6(2)4-8-12-13-9(14-8)11-7(3)5-10/h6-7H,4-5,10H2,1-3H3,(H,11,13). The van der Waals surface area contributed by atoms with Crippen LogP contribution in [0.1, 0.15) is 25.8 Å². The molecule has 5 heteroatoms. The first kappa shape index (κ1) is 11.4. The quantitative estimate of drug-likeness (QED) is 0.779. The summed E-state index contributed by atoms with van der Waals surface area (Å²) in [6.45, 7) is 7.00. The molecule has 0 bridgehead atoms. The summed E-state index contributed by atoms with van der Waals surface area (Å²) in [5, 5.41) is 13.3. The van der Waals surface area contributed by atoms with Crippen molar-refractivity contribution in [2.24, 2.45) is 11.7 Å². The zero-order valence-corrected chi connectivity index (χ0v) is 9.77. The van der Waals surface area contributed by atoms with Gasteiger partial charge in [0.25, 0.3) is 0 Å². The van der Waals surface area contributed by atoms with Gasteiger partial charge in [0.2, 0.25) is 5.13 Å². The lowest BCUT2D eigenvalue weighted by molar-refractivity contribution is 0.640. The van der Waals surface area contributed by atoms with Crippen LogP contribution in [0.25, 0.3) is 0 Å². The molecule has 1 unspecified atom stereocenters. The van der Waals surface area contributed by atoms with Crippen LogP contribution in [0.2, 0.25) is 0 Å². The highest BCUT2D eigenvalue weighted by Gasteiger charge is 2.07. The van der Waals surface area contributed by atoms with E-state index < -0.39 is 0 Å². The molecule has 1 atom stereocenters. The molecule has 1 rings (SSSR count). The number of aromatic nitrogens is 2. The molecule has 14 heavy (non-hydrogen) atoms. The molecule has 0 saturated carbocycles. The Balaban J connectivity index is 2.50. The lowest BCUT2D eigenvalue weighted by atomic mass is 10.1. The molecule has 0 saturated heterocycles. The minimum absolute atomic E-state index is 0.259. The molecule has 0 aliphatic carbocycles. The molecule has 1 aromatic heterocycles. The second kappa shape index (κ2) is 5.26. The van der Waals surface area contributed by atoms with Gasteiger partial charge in [-0.1, -0.05) is 25.2 Å². The summed E-state index contributed by atoms with van der Waals surface area (Å²) < 4.78 is 0. The van der Waals surface area contributed by atoms with Gasteiger partial charge in [-0.2, -0.15) is 0 Å². The van der Waals surface area contributed by atoms with Crippen LogP contribution in [0.5, 0.6) is 0 Å². The number of hydrogen-bond donors (Lipinski definition) is 2. The molecule has 0 radical (unpaired) electrons. The van der Waals surface area contributed by atoms with Crippen LogP contribution < -0.4 is 11.1 Å². The Kier molecular flexibility index (Phi) is 4.28. The molecule has 0 aliphatic rings. The van der Waals surface area contributed by atoms with E-state index in [1.807, 2.05) is 6.92 Å². The fourth-order valence-corrected chi connectivity index (χ4v) is 2.08. The molecule has 3 N–H and O–H groups in total. The van der Waals surface area contributed by atoms with E-state index in [2.05, 4.69) is 29.4 Å². The van der Waals surface area contributed by atoms with E-state index >= 15 is 0 Å². The normalized spacial score (nSPS) is 13.2. The largest absolute Gasteiger partial charge is 0.356 e. The maximum Gasteiger partial charge on any atom is 0.205 e. The van der Waals surface area contributed by atoms with Gasteiger partial charge in [-0.3, -0.25) is 0 Å². The van der Waals surface area contributed by atoms with Gasteiger partial charge >= 0.3 is 0 Å². The number of rotatable bonds is 5. The molecule has 0 aliphatic heterocycles. The third kappa shape index (κ3) is 3.59. The fourth-order valence-electron chi connectivity index (χ4n) is 1.01. The van der Waals surface area contributed by atoms with Gasteiger partial charge < -0.3 is 11.1 Å². The van der Waals surface area contributed by atoms with E-state index in [0.717, 1.165) is 16.6 Å². The van der Waals surface area contributed by atoms with Crippen molar-refractivity contribution in [3.63, 3.8) is 0 Å². The maximum absolute atomic E-state index is 5.50. The van der Waals surface area contributed by atoms with E-state index in [1.54, 1.807) is 11.3 Å². The molecular weight excluding hydrogens is 196 g/mol. The summed E-state index contributed by atoms with van der Waals surface area (Å²) in [7, 11) is 0. The highest BCUT2D eigenvalue weighted by molar-refractivity contribution is 7.15. The lowest BCUT2D eigenvalue weighted by Crippen LogP contribution is -2.24. The van der Waals surface area contributed by atoms with Gasteiger partial charge in [-0.15, -0.1) is 10.2 Å². The van der Waals surface area contributed by atoms with Crippen LogP contribution in [0.4, 0.5) is 5.13 Å². The first-order chi connectivity index (χ1) is 6.61. The van der Waals surface area contributed by atoms with Gasteiger partial charge in [0.15, 0.2) is 0 Å². The average molecular weight is 214 g/mol. The van der Waals surface area contributed by atoms with Crippen LogP contribution >= 0.6 is 11.3 Å². The monoisotopic (exact) mass is 214 g/mol. The minimum Gasteiger partial charge on any atom is -0.356 e. The van der Waals surface area contributed by atoms with Crippen molar-refractivity contribution in [1.29, 1.82) is 0 Å². The first-order valence-electron chi connectivity index (χ1n) is 4.90. The molecule has 0 fully saturated rings. The van der Waals surface area contributed by atoms with E-state index in [9.17, 15) is 0 Å². The molecule has 0 aromatic carbocycles. The van der Waals surface area contributed by atoms with Crippen molar-refractivity contribution in [3.8, 4) is 0 Å². The van der Waals surface area contributed by atoms with Crippen LogP contribution in [0.3, 0.4) is 0 Å². The van der Waals surface area contributed by atoms with Crippen LogP contribution in [-0.2, 0) is 6.42 Å². The molecule has 80 valence electrons. The summed E-state index contributed by atoms with van der Waals surface area (Å²) in [6, 6.07) is 0.259. The second-order valence-electron chi connectivity index (χ2n) is 3.88. The van der Waals surface area contributed by atoms with E-state index in [-0.39, 0.29) is 6.04 Å². The van der Waals surface area contributed by atoms with Gasteiger partial charge in [-0.05, 0) is 12.8 Å². The van der Waals surface area contributed by atoms with Gasteiger partial charge in [0.1, 0.15) is 5.01 Å². The Morgan fingerprint density at radius 2 is 2.07 bits per heavy atom. The number of nitrogens with one attached hydrogen (secondary N) is 1. The molecule has 0 amide bonds. The van der Waals surface area contributed by atoms with E-state index in [4.69, 9.17) is 5.73 Å². The third-order valence-electron chi connectivity index (χ3n) is 1.77. The number of nitrogens with two attached hydrogens (primary N) is 1. The van der Waals surface area contributed by atoms with Crippen molar-refractivity contribution < 1.29 is 0 Å². The summed E-state index contributed by atoms with van der Waals surface area (Å²) in [5.41, 5.74) is 5.50. The molecule has 0 spiro atoms. The first-order valence-corrected chi connectivity index (χ1v) is 5.72. The highest BCUT2D eigenvalue weighted by atomic mass is 32.1. The maximum atomic E-state index is 5.50. The summed E-state index contributed by atoms with van der Waals surface area (Å²) in [5.74, 6) is 0.628. The Morgan fingerprint density at radius 1 is 1.36 bits per heavy atom. The number of nitrogens with zero attached hydrogens (tertiary/aromatic N) is 2. The average Bonchev–Trinajstić information content (AvgIpc) is 2.51. The topological polar surface area (TPSA) is 63.8 Å². The minimum atomic E-state index is 0.259. The zero-order valence-electron chi connectivity index (χ0n) is 8.95. The summed E-state index contributed by atoms with van der Waals surface area (Å²) in [4.78, 5) is 0. The number of hydrogen-bond acceptors (Lipinski definition) is 5. The summed E-state index contributed by atoms with van der Waals surface area (Å²) >= 11 is 1.62. The van der Waals surface area contributed by atoms with E-state index in [0.29, 0.717) is 12.5 Å². The highest BCUT2D eigenvalue weighted by Crippen LogP contribution is 2.18. The van der Waals surface area contributed by atoms with E-state index in [1.165, 1.54) is 0 Å². The van der Waals surface area contributed by atoms with Crippen molar-refractivity contribution in [1.82, 2.24) is 10.2 Å². The van der Waals surface area contributed by atoms with Gasteiger partial charge in [0.05, 0.1) is 0 Å². The van der Waals surface area contributed by atoms with Crippen molar-refractivity contribution in [2.75, 3.05) is 11.9 Å². The molecule has 1 heterocycles. The predicted molar refractivity (Wildman–Crippen MR) is 60.6 cm³/mol. The van der Waals surface area contributed by atoms with Gasteiger partial charge in [0, 0.05) is 19.0 Å². The van der Waals surface area contributed by atoms with Crippen LogP contribution in [-0.4, -0.2) is 22.8 Å². The molecular formula is C9H18N4S. The summed E-state index contributed by atoms with van der Waals surface area (Å²) in [6.07, 6.45) is 0.996. The van der Waals surface area contributed by atoms with Crippen molar-refractivity contribution in [2.45, 2.75) is 33.2 Å². The smallest absolute Gasteiger partial charge is 0.205 e. The third-order valence-corrected chi connectivity index (χ3v) is 2.65. The van der Waals surface area contributed by atoms with Crippen LogP contribution in [0.15, 0.2) is 0 Å². The van der Waals surface area contributed by atoms with Crippen LogP contribution in [0, 0.1) is 5.92 Å². The molecule has 4 nitrogen and oxygen atoms in total. The predicted octanol–water partition coefficient (Wildman–Crippen LogP) is 1.50. The van der Waals surface area contributed by atoms with Crippen molar-refractivity contribution >= 4 is 16.5 Å².